The second-order valence-electron chi connectivity index (χ2n) is 4.89. The van der Waals surface area contributed by atoms with Gasteiger partial charge in [-0.05, 0) is 32.1 Å². The first kappa shape index (κ1) is 14.0. The van der Waals surface area contributed by atoms with E-state index in [1.165, 1.54) is 6.42 Å². The van der Waals surface area contributed by atoms with Gasteiger partial charge in [0, 0.05) is 19.6 Å². The summed E-state index contributed by atoms with van der Waals surface area (Å²) in [4.78, 5) is 16.0. The largest absolute Gasteiger partial charge is 0.378 e. The molecule has 6 nitrogen and oxygen atoms in total. The van der Waals surface area contributed by atoms with Gasteiger partial charge in [-0.3, -0.25) is 9.89 Å². The molecule has 6 heteroatoms. The van der Waals surface area contributed by atoms with E-state index in [-0.39, 0.29) is 17.8 Å². The van der Waals surface area contributed by atoms with Gasteiger partial charge in [0.15, 0.2) is 0 Å². The van der Waals surface area contributed by atoms with Crippen molar-refractivity contribution in [1.29, 1.82) is 0 Å². The Hall–Kier alpha value is -1.43. The molecular weight excluding hydrogens is 244 g/mol. The summed E-state index contributed by atoms with van der Waals surface area (Å²) < 4.78 is 5.61. The lowest BCUT2D eigenvalue weighted by atomic mass is 10.1. The summed E-state index contributed by atoms with van der Waals surface area (Å²) in [6.07, 6.45) is 6.41. The fourth-order valence-corrected chi connectivity index (χ4v) is 2.21. The number of nitrogens with one attached hydrogen (secondary N) is 2. The van der Waals surface area contributed by atoms with E-state index in [4.69, 9.17) is 4.74 Å². The van der Waals surface area contributed by atoms with E-state index in [9.17, 15) is 4.79 Å². The number of nitrogens with zero attached hydrogens (tertiary/aromatic N) is 2. The Morgan fingerprint density at radius 2 is 2.42 bits per heavy atom. The van der Waals surface area contributed by atoms with Gasteiger partial charge in [0.1, 0.15) is 5.82 Å². The number of amides is 1. The average Bonchev–Trinajstić information content (AvgIpc) is 2.89. The third-order valence-corrected chi connectivity index (χ3v) is 3.25. The molecule has 0 aliphatic carbocycles. The predicted molar refractivity (Wildman–Crippen MR) is 70.9 cm³/mol. The molecule has 19 heavy (non-hydrogen) atoms. The van der Waals surface area contributed by atoms with Gasteiger partial charge in [-0.2, -0.15) is 0 Å². The molecule has 2 heterocycles. The third-order valence-electron chi connectivity index (χ3n) is 3.25. The number of ether oxygens (including phenoxy) is 1. The van der Waals surface area contributed by atoms with E-state index in [1.54, 1.807) is 0 Å². The maximum atomic E-state index is 11.8. The topological polar surface area (TPSA) is 79.9 Å². The molecule has 1 unspecified atom stereocenters. The Kier molecular flexibility index (Phi) is 5.32. The summed E-state index contributed by atoms with van der Waals surface area (Å²) in [5.74, 6) is 0.783. The van der Waals surface area contributed by atoms with Gasteiger partial charge in [0.2, 0.25) is 5.82 Å². The predicted octanol–water partition coefficient (Wildman–Crippen LogP) is 1.45. The van der Waals surface area contributed by atoms with E-state index in [0.29, 0.717) is 6.54 Å². The summed E-state index contributed by atoms with van der Waals surface area (Å²) in [5.41, 5.74) is 0. The summed E-state index contributed by atoms with van der Waals surface area (Å²) in [6, 6.07) is 0. The number of hydrogen-bond acceptors (Lipinski definition) is 4. The Morgan fingerprint density at radius 1 is 1.53 bits per heavy atom. The molecule has 1 atom stereocenters. The minimum Gasteiger partial charge on any atom is -0.378 e. The molecule has 1 aromatic heterocycles. The quantitative estimate of drug-likeness (QED) is 0.816. The summed E-state index contributed by atoms with van der Waals surface area (Å²) in [5, 5.41) is 9.54. The van der Waals surface area contributed by atoms with Crippen LogP contribution in [0.1, 0.15) is 55.5 Å². The molecule has 0 aromatic carbocycles. The van der Waals surface area contributed by atoms with Crippen molar-refractivity contribution in [3.63, 3.8) is 0 Å². The first-order valence-corrected chi connectivity index (χ1v) is 7.10. The average molecular weight is 266 g/mol. The number of rotatable bonds is 6. The SMILES string of the molecule is CCCc1nc(C(=O)NCCC2CCCCO2)n[nH]1. The van der Waals surface area contributed by atoms with Crippen LogP contribution in [0.5, 0.6) is 0 Å². The zero-order chi connectivity index (χ0) is 13.5. The number of carbonyl (C=O) groups excluding carboxylic acids is 1. The number of hydrogen-bond donors (Lipinski definition) is 2. The van der Waals surface area contributed by atoms with Crippen LogP contribution in [-0.4, -0.2) is 40.3 Å². The monoisotopic (exact) mass is 266 g/mol. The summed E-state index contributed by atoms with van der Waals surface area (Å²) in [6.45, 7) is 3.52. The molecule has 106 valence electrons. The molecule has 1 aliphatic heterocycles. The minimum absolute atomic E-state index is 0.214. The van der Waals surface area contributed by atoms with Crippen LogP contribution >= 0.6 is 0 Å². The van der Waals surface area contributed by atoms with Gasteiger partial charge in [-0.15, -0.1) is 5.10 Å². The summed E-state index contributed by atoms with van der Waals surface area (Å²) >= 11 is 0. The van der Waals surface area contributed by atoms with E-state index in [1.807, 2.05) is 0 Å². The van der Waals surface area contributed by atoms with Crippen LogP contribution < -0.4 is 5.32 Å². The fourth-order valence-electron chi connectivity index (χ4n) is 2.21. The zero-order valence-electron chi connectivity index (χ0n) is 11.4. The zero-order valence-corrected chi connectivity index (χ0v) is 11.4. The van der Waals surface area contributed by atoms with Crippen LogP contribution in [0.3, 0.4) is 0 Å². The standard InChI is InChI=1S/C13H22N4O2/c1-2-5-11-15-12(17-16-11)13(18)14-8-7-10-6-3-4-9-19-10/h10H,2-9H2,1H3,(H,14,18)(H,15,16,17). The Labute approximate surface area is 113 Å². The van der Waals surface area contributed by atoms with Gasteiger partial charge in [0.25, 0.3) is 5.91 Å². The van der Waals surface area contributed by atoms with E-state index < -0.39 is 0 Å². The minimum atomic E-state index is -0.214. The van der Waals surface area contributed by atoms with Crippen LogP contribution in [0.25, 0.3) is 0 Å². The van der Waals surface area contributed by atoms with Crippen molar-refractivity contribution in [1.82, 2.24) is 20.5 Å². The number of carbonyl (C=O) groups is 1. The molecule has 2 rings (SSSR count). The highest BCUT2D eigenvalue weighted by atomic mass is 16.5. The van der Waals surface area contributed by atoms with E-state index >= 15 is 0 Å². The lowest BCUT2D eigenvalue weighted by Gasteiger charge is -2.22. The molecule has 1 fully saturated rings. The number of aromatic nitrogens is 3. The van der Waals surface area contributed by atoms with Crippen molar-refractivity contribution < 1.29 is 9.53 Å². The Balaban J connectivity index is 1.70. The maximum Gasteiger partial charge on any atom is 0.290 e. The molecule has 0 spiro atoms. The van der Waals surface area contributed by atoms with Crippen molar-refractivity contribution in [2.45, 2.75) is 51.6 Å². The van der Waals surface area contributed by atoms with Crippen molar-refractivity contribution in [3.8, 4) is 0 Å². The molecule has 2 N–H and O–H groups in total. The molecule has 0 saturated carbocycles. The summed E-state index contributed by atoms with van der Waals surface area (Å²) in [7, 11) is 0. The lowest BCUT2D eigenvalue weighted by molar-refractivity contribution is 0.0117. The fraction of sp³-hybridized carbons (Fsp3) is 0.769. The van der Waals surface area contributed by atoms with Crippen molar-refractivity contribution in [3.05, 3.63) is 11.6 Å². The van der Waals surface area contributed by atoms with Crippen molar-refractivity contribution in [2.24, 2.45) is 0 Å². The number of aryl methyl sites for hydroxylation is 1. The normalized spacial score (nSPS) is 19.3. The maximum absolute atomic E-state index is 11.8. The Morgan fingerprint density at radius 3 is 3.16 bits per heavy atom. The Bertz CT molecular complexity index is 399. The first-order valence-electron chi connectivity index (χ1n) is 7.10. The highest BCUT2D eigenvalue weighted by Gasteiger charge is 2.15. The van der Waals surface area contributed by atoms with Gasteiger partial charge >= 0.3 is 0 Å². The molecule has 1 aliphatic rings. The lowest BCUT2D eigenvalue weighted by Crippen LogP contribution is -2.30. The third kappa shape index (κ3) is 4.31. The number of aromatic amines is 1. The van der Waals surface area contributed by atoms with Gasteiger partial charge in [0.05, 0.1) is 6.10 Å². The highest BCUT2D eigenvalue weighted by molar-refractivity contribution is 5.90. The molecule has 1 aromatic rings. The van der Waals surface area contributed by atoms with Gasteiger partial charge in [-0.25, -0.2) is 4.98 Å². The molecule has 1 saturated heterocycles. The molecule has 0 radical (unpaired) electrons. The highest BCUT2D eigenvalue weighted by Crippen LogP contribution is 2.14. The van der Waals surface area contributed by atoms with E-state index in [2.05, 4.69) is 27.4 Å². The van der Waals surface area contributed by atoms with Crippen LogP contribution in [0.2, 0.25) is 0 Å². The van der Waals surface area contributed by atoms with Crippen molar-refractivity contribution >= 4 is 5.91 Å². The van der Waals surface area contributed by atoms with Crippen molar-refractivity contribution in [2.75, 3.05) is 13.2 Å². The molecular formula is C13H22N4O2. The number of H-pyrrole nitrogens is 1. The smallest absolute Gasteiger partial charge is 0.290 e. The van der Waals surface area contributed by atoms with E-state index in [0.717, 1.165) is 44.5 Å². The van der Waals surface area contributed by atoms with Crippen LogP contribution in [0.4, 0.5) is 0 Å². The van der Waals surface area contributed by atoms with Crippen LogP contribution in [0.15, 0.2) is 0 Å². The van der Waals surface area contributed by atoms with Crippen LogP contribution in [0, 0.1) is 0 Å². The van der Waals surface area contributed by atoms with Crippen LogP contribution in [-0.2, 0) is 11.2 Å². The van der Waals surface area contributed by atoms with Gasteiger partial charge < -0.3 is 10.1 Å². The second kappa shape index (κ2) is 7.23. The molecule has 1 amide bonds. The second-order valence-corrected chi connectivity index (χ2v) is 4.89. The first-order chi connectivity index (χ1) is 9.29. The molecule has 0 bridgehead atoms. The van der Waals surface area contributed by atoms with Gasteiger partial charge in [-0.1, -0.05) is 6.92 Å².